The van der Waals surface area contributed by atoms with E-state index in [4.69, 9.17) is 9.47 Å². The highest BCUT2D eigenvalue weighted by molar-refractivity contribution is 5.70. The van der Waals surface area contributed by atoms with Crippen LogP contribution >= 0.6 is 0 Å². The number of hydrogen-bond acceptors (Lipinski definition) is 5. The van der Waals surface area contributed by atoms with Crippen molar-refractivity contribution in [2.24, 2.45) is 0 Å². The van der Waals surface area contributed by atoms with Crippen LogP contribution in [0.15, 0.2) is 24.3 Å². The summed E-state index contributed by atoms with van der Waals surface area (Å²) in [5, 5.41) is 9.63. The molecule has 0 saturated carbocycles. The molecule has 5 nitrogen and oxygen atoms in total. The molecule has 0 saturated heterocycles. The maximum atomic E-state index is 12.2. The molecule has 1 N–H and O–H groups in total. The topological polar surface area (TPSA) is 72.8 Å². The minimum Gasteiger partial charge on any atom is -0.462 e. The maximum absolute atomic E-state index is 12.2. The molecule has 0 radical (unpaired) electrons. The Balaban J connectivity index is 3.37. The van der Waals surface area contributed by atoms with E-state index >= 15 is 0 Å². The van der Waals surface area contributed by atoms with E-state index in [1.807, 2.05) is 0 Å². The Morgan fingerprint density at radius 2 is 0.615 bits per heavy atom. The molecule has 0 aromatic carbocycles. The van der Waals surface area contributed by atoms with E-state index in [2.05, 4.69) is 38.2 Å². The largest absolute Gasteiger partial charge is 0.462 e. The summed E-state index contributed by atoms with van der Waals surface area (Å²) in [6.07, 6.45) is 71.8. The zero-order chi connectivity index (χ0) is 47.0. The Morgan fingerprint density at radius 3 is 0.923 bits per heavy atom. The van der Waals surface area contributed by atoms with Gasteiger partial charge in [0.1, 0.15) is 6.61 Å². The predicted octanol–water partition coefficient (Wildman–Crippen LogP) is 19.7. The maximum Gasteiger partial charge on any atom is 0.306 e. The minimum atomic E-state index is -0.776. The fourth-order valence-electron chi connectivity index (χ4n) is 9.06. The van der Waals surface area contributed by atoms with Gasteiger partial charge in [0.05, 0.1) is 6.61 Å². The SMILES string of the molecule is CCCCCC/C=C\C/C=C\CCCCCCCC(=O)OC(CO)COC(=O)CCCCCCCCCCCCCCCCCCCCCCCCCCCCCCCCCCCCC. The van der Waals surface area contributed by atoms with Crippen LogP contribution in [-0.2, 0) is 19.1 Å². The number of rotatable bonds is 55. The van der Waals surface area contributed by atoms with E-state index < -0.39 is 6.10 Å². The zero-order valence-corrected chi connectivity index (χ0v) is 44.0. The van der Waals surface area contributed by atoms with Gasteiger partial charge in [-0.1, -0.05) is 295 Å². The van der Waals surface area contributed by atoms with Gasteiger partial charge in [0.15, 0.2) is 6.10 Å². The molecular formula is C60H114O5. The van der Waals surface area contributed by atoms with Gasteiger partial charge in [-0.05, 0) is 44.9 Å². The Morgan fingerprint density at radius 1 is 0.354 bits per heavy atom. The summed E-state index contributed by atoms with van der Waals surface area (Å²) in [4.78, 5) is 24.5. The van der Waals surface area contributed by atoms with Crippen LogP contribution in [0, 0.1) is 0 Å². The molecule has 0 aromatic heterocycles. The summed E-state index contributed by atoms with van der Waals surface area (Å²) in [5.74, 6) is -0.590. The van der Waals surface area contributed by atoms with Crippen molar-refractivity contribution >= 4 is 11.9 Å². The first-order chi connectivity index (χ1) is 32.1. The van der Waals surface area contributed by atoms with Crippen LogP contribution in [-0.4, -0.2) is 36.4 Å². The minimum absolute atomic E-state index is 0.0664. The molecule has 0 aromatic rings. The molecule has 0 heterocycles. The van der Waals surface area contributed by atoms with Crippen LogP contribution in [0.5, 0.6) is 0 Å². The highest BCUT2D eigenvalue weighted by Gasteiger charge is 2.16. The highest BCUT2D eigenvalue weighted by atomic mass is 16.6. The van der Waals surface area contributed by atoms with Crippen molar-refractivity contribution < 1.29 is 24.2 Å². The number of ether oxygens (including phenoxy) is 2. The van der Waals surface area contributed by atoms with Crippen LogP contribution in [0.25, 0.3) is 0 Å². The van der Waals surface area contributed by atoms with E-state index in [1.165, 1.54) is 250 Å². The number of hydrogen-bond donors (Lipinski definition) is 1. The predicted molar refractivity (Wildman–Crippen MR) is 284 cm³/mol. The molecule has 0 bridgehead atoms. The van der Waals surface area contributed by atoms with Crippen LogP contribution in [0.4, 0.5) is 0 Å². The molecule has 0 aliphatic rings. The smallest absolute Gasteiger partial charge is 0.306 e. The Labute approximate surface area is 406 Å². The molecule has 5 heteroatoms. The van der Waals surface area contributed by atoms with Gasteiger partial charge < -0.3 is 14.6 Å². The molecule has 0 fully saturated rings. The number of aliphatic hydroxyl groups is 1. The lowest BCUT2D eigenvalue weighted by molar-refractivity contribution is -0.161. The fourth-order valence-corrected chi connectivity index (χ4v) is 9.06. The van der Waals surface area contributed by atoms with Gasteiger partial charge in [-0.15, -0.1) is 0 Å². The Kier molecular flexibility index (Phi) is 55.3. The summed E-state index contributed by atoms with van der Waals surface area (Å²) in [6, 6.07) is 0. The molecule has 0 aliphatic heterocycles. The van der Waals surface area contributed by atoms with Crippen molar-refractivity contribution in [2.75, 3.05) is 13.2 Å². The lowest BCUT2D eigenvalue weighted by Crippen LogP contribution is -2.28. The van der Waals surface area contributed by atoms with Crippen molar-refractivity contribution in [3.8, 4) is 0 Å². The van der Waals surface area contributed by atoms with Crippen LogP contribution < -0.4 is 0 Å². The van der Waals surface area contributed by atoms with Gasteiger partial charge >= 0.3 is 11.9 Å². The molecule has 0 aliphatic carbocycles. The number of aliphatic hydroxyl groups excluding tert-OH is 1. The average molecular weight is 916 g/mol. The van der Waals surface area contributed by atoms with Crippen molar-refractivity contribution in [1.29, 1.82) is 0 Å². The van der Waals surface area contributed by atoms with Crippen molar-refractivity contribution in [3.63, 3.8) is 0 Å². The molecule has 0 amide bonds. The summed E-state index contributed by atoms with van der Waals surface area (Å²) in [6.45, 7) is 4.16. The number of unbranched alkanes of at least 4 members (excludes halogenated alkanes) is 43. The molecule has 1 atom stereocenters. The average Bonchev–Trinajstić information content (AvgIpc) is 3.31. The lowest BCUT2D eigenvalue weighted by Gasteiger charge is -2.15. The summed E-state index contributed by atoms with van der Waals surface area (Å²) in [7, 11) is 0. The van der Waals surface area contributed by atoms with E-state index in [0.29, 0.717) is 12.8 Å². The molecule has 384 valence electrons. The van der Waals surface area contributed by atoms with E-state index in [1.54, 1.807) is 0 Å². The van der Waals surface area contributed by atoms with Gasteiger partial charge in [-0.3, -0.25) is 9.59 Å². The van der Waals surface area contributed by atoms with Crippen molar-refractivity contribution in [1.82, 2.24) is 0 Å². The van der Waals surface area contributed by atoms with E-state index in [0.717, 1.165) is 51.4 Å². The Bertz CT molecular complexity index is 990. The fraction of sp³-hybridized carbons (Fsp3) is 0.900. The first-order valence-corrected chi connectivity index (χ1v) is 29.4. The number of allylic oxidation sites excluding steroid dienone is 4. The second kappa shape index (κ2) is 56.7. The molecular weight excluding hydrogens is 801 g/mol. The second-order valence-corrected chi connectivity index (χ2v) is 20.1. The number of carbonyl (C=O) groups excluding carboxylic acids is 2. The third-order valence-corrected chi connectivity index (χ3v) is 13.5. The van der Waals surface area contributed by atoms with E-state index in [9.17, 15) is 14.7 Å². The summed E-state index contributed by atoms with van der Waals surface area (Å²) in [5.41, 5.74) is 0. The number of esters is 2. The summed E-state index contributed by atoms with van der Waals surface area (Å²) >= 11 is 0. The molecule has 0 rings (SSSR count). The second-order valence-electron chi connectivity index (χ2n) is 20.1. The quantitative estimate of drug-likeness (QED) is 0.0374. The van der Waals surface area contributed by atoms with E-state index in [-0.39, 0.29) is 25.2 Å². The van der Waals surface area contributed by atoms with Gasteiger partial charge in [-0.2, -0.15) is 0 Å². The van der Waals surface area contributed by atoms with Crippen molar-refractivity contribution in [2.45, 2.75) is 335 Å². The number of carbonyl (C=O) groups is 2. The lowest BCUT2D eigenvalue weighted by atomic mass is 10.0. The Hall–Kier alpha value is -1.62. The third kappa shape index (κ3) is 54.9. The van der Waals surface area contributed by atoms with Gasteiger partial charge in [0, 0.05) is 12.8 Å². The molecule has 1 unspecified atom stereocenters. The third-order valence-electron chi connectivity index (χ3n) is 13.5. The van der Waals surface area contributed by atoms with Crippen LogP contribution in [0.1, 0.15) is 328 Å². The summed E-state index contributed by atoms with van der Waals surface area (Å²) < 4.78 is 10.7. The monoisotopic (exact) mass is 915 g/mol. The standard InChI is InChI=1S/C60H114O5/c1-3-5-7-9-11-13-15-17-19-21-22-23-24-25-26-27-28-29-30-31-32-33-34-35-36-37-38-39-41-42-44-46-48-50-52-54-59(62)64-57-58(56-61)65-60(63)55-53-51-49-47-45-43-40-20-18-16-14-12-10-8-6-4-2/h14,16,20,40,58,61H,3-13,15,17-19,21-39,41-57H2,1-2H3/b16-14-,40-20-. The highest BCUT2D eigenvalue weighted by Crippen LogP contribution is 2.18. The normalized spacial score (nSPS) is 12.2. The van der Waals surface area contributed by atoms with Gasteiger partial charge in [0.2, 0.25) is 0 Å². The van der Waals surface area contributed by atoms with Crippen LogP contribution in [0.2, 0.25) is 0 Å². The molecule has 0 spiro atoms. The first kappa shape index (κ1) is 63.4. The van der Waals surface area contributed by atoms with Gasteiger partial charge in [0.25, 0.3) is 0 Å². The van der Waals surface area contributed by atoms with Crippen LogP contribution in [0.3, 0.4) is 0 Å². The molecule has 65 heavy (non-hydrogen) atoms. The zero-order valence-electron chi connectivity index (χ0n) is 44.0. The first-order valence-electron chi connectivity index (χ1n) is 29.4. The van der Waals surface area contributed by atoms with Gasteiger partial charge in [-0.25, -0.2) is 0 Å². The van der Waals surface area contributed by atoms with Crippen molar-refractivity contribution in [3.05, 3.63) is 24.3 Å².